The number of aryl methyl sites for hydroxylation is 1. The topological polar surface area (TPSA) is 21.3 Å². The Labute approximate surface area is 132 Å². The molecule has 2 rings (SSSR count). The van der Waals surface area contributed by atoms with Crippen molar-refractivity contribution in [2.75, 3.05) is 6.54 Å². The highest BCUT2D eigenvalue weighted by Gasteiger charge is 2.01. The van der Waals surface area contributed by atoms with Crippen molar-refractivity contribution in [2.24, 2.45) is 0 Å². The van der Waals surface area contributed by atoms with Crippen LogP contribution in [0.5, 0.6) is 5.75 Å². The van der Waals surface area contributed by atoms with Crippen LogP contribution in [0, 0.1) is 0 Å². The van der Waals surface area contributed by atoms with Gasteiger partial charge < -0.3 is 10.1 Å². The molecular formula is C18H25NOS. The third-order valence-electron chi connectivity index (χ3n) is 3.29. The second kappa shape index (κ2) is 8.85. The predicted molar refractivity (Wildman–Crippen MR) is 91.1 cm³/mol. The van der Waals surface area contributed by atoms with Gasteiger partial charge in [-0.25, -0.2) is 0 Å². The van der Waals surface area contributed by atoms with Crippen molar-refractivity contribution in [1.29, 1.82) is 0 Å². The normalized spacial score (nSPS) is 10.8. The summed E-state index contributed by atoms with van der Waals surface area (Å²) in [5.41, 5.74) is 1.38. The number of thiophene rings is 1. The summed E-state index contributed by atoms with van der Waals surface area (Å²) in [6, 6.07) is 12.8. The van der Waals surface area contributed by atoms with Crippen molar-refractivity contribution in [3.05, 3.63) is 51.7 Å². The molecule has 0 aliphatic carbocycles. The zero-order chi connectivity index (χ0) is 14.9. The van der Waals surface area contributed by atoms with Gasteiger partial charge in [0.15, 0.2) is 0 Å². The summed E-state index contributed by atoms with van der Waals surface area (Å²) in [5.74, 6) is 0.953. The van der Waals surface area contributed by atoms with Crippen molar-refractivity contribution >= 4 is 11.3 Å². The van der Waals surface area contributed by atoms with Crippen LogP contribution in [-0.4, -0.2) is 6.54 Å². The molecule has 2 nitrogen and oxygen atoms in total. The third-order valence-corrected chi connectivity index (χ3v) is 4.35. The molecule has 0 amide bonds. The van der Waals surface area contributed by atoms with Crippen LogP contribution in [0.25, 0.3) is 0 Å². The molecule has 1 heterocycles. The van der Waals surface area contributed by atoms with Gasteiger partial charge in [0, 0.05) is 16.3 Å². The van der Waals surface area contributed by atoms with E-state index in [9.17, 15) is 0 Å². The minimum Gasteiger partial charge on any atom is -0.488 e. The molecular weight excluding hydrogens is 278 g/mol. The first-order valence-corrected chi connectivity index (χ1v) is 8.63. The van der Waals surface area contributed by atoms with Gasteiger partial charge in [-0.3, -0.25) is 0 Å². The molecule has 3 heteroatoms. The van der Waals surface area contributed by atoms with E-state index in [2.05, 4.69) is 55.6 Å². The molecule has 0 fully saturated rings. The van der Waals surface area contributed by atoms with E-state index in [0.29, 0.717) is 6.61 Å². The first-order valence-electron chi connectivity index (χ1n) is 7.82. The van der Waals surface area contributed by atoms with Crippen LogP contribution in [0.4, 0.5) is 0 Å². The number of rotatable bonds is 9. The molecule has 0 aliphatic heterocycles. The molecule has 0 unspecified atom stereocenters. The quantitative estimate of drug-likeness (QED) is 0.673. The van der Waals surface area contributed by atoms with Crippen molar-refractivity contribution in [1.82, 2.24) is 5.32 Å². The fraction of sp³-hybridized carbons (Fsp3) is 0.444. The van der Waals surface area contributed by atoms with Crippen molar-refractivity contribution in [3.8, 4) is 5.75 Å². The second-order valence-electron chi connectivity index (χ2n) is 5.23. The smallest absolute Gasteiger partial charge is 0.122 e. The van der Waals surface area contributed by atoms with Gasteiger partial charge in [0.2, 0.25) is 0 Å². The van der Waals surface area contributed by atoms with Gasteiger partial charge >= 0.3 is 0 Å². The summed E-state index contributed by atoms with van der Waals surface area (Å²) < 4.78 is 5.85. The summed E-state index contributed by atoms with van der Waals surface area (Å²) in [6.45, 7) is 7.09. The van der Waals surface area contributed by atoms with Gasteiger partial charge in [0.1, 0.15) is 12.4 Å². The Bertz CT molecular complexity index is 518. The molecule has 0 saturated carbocycles. The highest BCUT2D eigenvalue weighted by molar-refractivity contribution is 7.11. The van der Waals surface area contributed by atoms with E-state index < -0.39 is 0 Å². The average Bonchev–Trinajstić information content (AvgIpc) is 2.95. The van der Waals surface area contributed by atoms with Gasteiger partial charge in [-0.1, -0.05) is 32.4 Å². The highest BCUT2D eigenvalue weighted by Crippen LogP contribution is 2.20. The molecule has 1 aromatic carbocycles. The van der Waals surface area contributed by atoms with Crippen LogP contribution in [0.15, 0.2) is 36.4 Å². The average molecular weight is 303 g/mol. The summed E-state index contributed by atoms with van der Waals surface area (Å²) in [4.78, 5) is 2.65. The van der Waals surface area contributed by atoms with E-state index in [1.807, 2.05) is 11.3 Å². The van der Waals surface area contributed by atoms with E-state index >= 15 is 0 Å². The molecule has 1 aromatic heterocycles. The van der Waals surface area contributed by atoms with Crippen LogP contribution < -0.4 is 10.1 Å². The predicted octanol–water partition coefficient (Wildman–Crippen LogP) is 4.78. The molecule has 0 atom stereocenters. The number of nitrogens with one attached hydrogen (secondary N) is 1. The minimum atomic E-state index is 0.658. The molecule has 0 radical (unpaired) electrons. The lowest BCUT2D eigenvalue weighted by molar-refractivity contribution is 0.309. The van der Waals surface area contributed by atoms with Crippen LogP contribution in [0.2, 0.25) is 0 Å². The maximum atomic E-state index is 5.85. The van der Waals surface area contributed by atoms with E-state index in [-0.39, 0.29) is 0 Å². The maximum absolute atomic E-state index is 5.85. The zero-order valence-corrected chi connectivity index (χ0v) is 13.8. The summed E-state index contributed by atoms with van der Waals surface area (Å²) in [5, 5.41) is 3.43. The first kappa shape index (κ1) is 16.1. The van der Waals surface area contributed by atoms with Crippen molar-refractivity contribution in [2.45, 2.75) is 46.3 Å². The SMILES string of the molecule is CCCNCc1ccc(COc2ccc(CCC)cc2)s1. The number of hydrogen-bond acceptors (Lipinski definition) is 3. The van der Waals surface area contributed by atoms with E-state index in [4.69, 9.17) is 4.74 Å². The highest BCUT2D eigenvalue weighted by atomic mass is 32.1. The standard InChI is InChI=1S/C18H25NOS/c1-3-5-15-6-8-16(9-7-15)20-14-18-11-10-17(21-18)13-19-12-4-2/h6-11,19H,3-5,12-14H2,1-2H3. The Morgan fingerprint density at radius 1 is 0.952 bits per heavy atom. The monoisotopic (exact) mass is 303 g/mol. The molecule has 0 saturated heterocycles. The van der Waals surface area contributed by atoms with Crippen molar-refractivity contribution in [3.63, 3.8) is 0 Å². The Balaban J connectivity index is 1.79. The Hall–Kier alpha value is -1.32. The van der Waals surface area contributed by atoms with E-state index in [1.165, 1.54) is 28.2 Å². The van der Waals surface area contributed by atoms with E-state index in [1.54, 1.807) is 0 Å². The summed E-state index contributed by atoms with van der Waals surface area (Å²) in [7, 11) is 0. The van der Waals surface area contributed by atoms with Gasteiger partial charge in [-0.2, -0.15) is 0 Å². The lowest BCUT2D eigenvalue weighted by Crippen LogP contribution is -2.12. The molecule has 2 aromatic rings. The lowest BCUT2D eigenvalue weighted by atomic mass is 10.1. The Kier molecular flexibility index (Phi) is 6.77. The Morgan fingerprint density at radius 2 is 1.71 bits per heavy atom. The second-order valence-corrected chi connectivity index (χ2v) is 6.48. The molecule has 21 heavy (non-hydrogen) atoms. The molecule has 0 aliphatic rings. The summed E-state index contributed by atoms with van der Waals surface area (Å²) >= 11 is 1.83. The van der Waals surface area contributed by atoms with Gasteiger partial charge in [-0.15, -0.1) is 11.3 Å². The summed E-state index contributed by atoms with van der Waals surface area (Å²) in [6.07, 6.45) is 3.50. The van der Waals surface area contributed by atoms with Gasteiger partial charge in [-0.05, 0) is 49.2 Å². The van der Waals surface area contributed by atoms with Crippen LogP contribution >= 0.6 is 11.3 Å². The zero-order valence-electron chi connectivity index (χ0n) is 13.0. The van der Waals surface area contributed by atoms with Gasteiger partial charge in [0.05, 0.1) is 0 Å². The first-order chi connectivity index (χ1) is 10.3. The molecule has 0 bridgehead atoms. The fourth-order valence-corrected chi connectivity index (χ4v) is 3.08. The van der Waals surface area contributed by atoms with Crippen LogP contribution in [0.3, 0.4) is 0 Å². The molecule has 0 spiro atoms. The third kappa shape index (κ3) is 5.52. The molecule has 1 N–H and O–H groups in total. The lowest BCUT2D eigenvalue weighted by Gasteiger charge is -2.05. The Morgan fingerprint density at radius 3 is 2.43 bits per heavy atom. The van der Waals surface area contributed by atoms with Crippen LogP contribution in [-0.2, 0) is 19.6 Å². The van der Waals surface area contributed by atoms with Crippen LogP contribution in [0.1, 0.15) is 42.0 Å². The maximum Gasteiger partial charge on any atom is 0.122 e. The molecule has 114 valence electrons. The number of hydrogen-bond donors (Lipinski definition) is 1. The largest absolute Gasteiger partial charge is 0.488 e. The number of benzene rings is 1. The van der Waals surface area contributed by atoms with Crippen molar-refractivity contribution < 1.29 is 4.74 Å². The fourth-order valence-electron chi connectivity index (χ4n) is 2.18. The number of ether oxygens (including phenoxy) is 1. The minimum absolute atomic E-state index is 0.658. The van der Waals surface area contributed by atoms with E-state index in [0.717, 1.165) is 25.3 Å². The van der Waals surface area contributed by atoms with Gasteiger partial charge in [0.25, 0.3) is 0 Å².